The summed E-state index contributed by atoms with van der Waals surface area (Å²) in [7, 11) is -3.92. The maximum Gasteiger partial charge on any atom is 0.269 e. The molecule has 0 aliphatic rings. The van der Waals surface area contributed by atoms with Crippen molar-refractivity contribution >= 4 is 44.1 Å². The van der Waals surface area contributed by atoms with Crippen molar-refractivity contribution in [1.29, 1.82) is 0 Å². The fraction of sp³-hybridized carbons (Fsp3) is 0.0556. The number of Topliss-reactive ketones (excluding diaryl/α,β-unsaturated/α-hetero) is 2. The number of H-pyrrole nitrogens is 1. The summed E-state index contributed by atoms with van der Waals surface area (Å²) in [6.45, 7) is 0. The number of carbonyl (C=O) groups is 2. The standard InChI is InChI=1S/C18H12ClN5O4S/c19-12-6-7-15-14(9-12)11(8-16(25)17(26)18-20-22-23-21-18)10-24(15)29(27,28)13-4-2-1-3-5-13/h1-7,9-10H,8H2,(H,20,21,22,23). The highest BCUT2D eigenvalue weighted by molar-refractivity contribution is 7.90. The van der Waals surface area contributed by atoms with Gasteiger partial charge in [0.25, 0.3) is 15.8 Å². The van der Waals surface area contributed by atoms with Crippen molar-refractivity contribution in [1.82, 2.24) is 24.6 Å². The molecule has 0 amide bonds. The van der Waals surface area contributed by atoms with Gasteiger partial charge >= 0.3 is 0 Å². The Morgan fingerprint density at radius 1 is 1.10 bits per heavy atom. The van der Waals surface area contributed by atoms with E-state index in [4.69, 9.17) is 11.6 Å². The Labute approximate surface area is 169 Å². The van der Waals surface area contributed by atoms with Crippen molar-refractivity contribution in [3.63, 3.8) is 0 Å². The molecular formula is C18H12ClN5O4S. The minimum absolute atomic E-state index is 0.0904. The van der Waals surface area contributed by atoms with E-state index in [0.717, 1.165) is 3.97 Å². The van der Waals surface area contributed by atoms with Gasteiger partial charge in [0.1, 0.15) is 0 Å². The van der Waals surface area contributed by atoms with E-state index in [-0.39, 0.29) is 17.1 Å². The summed E-state index contributed by atoms with van der Waals surface area (Å²) in [5, 5.41) is 13.2. The van der Waals surface area contributed by atoms with Gasteiger partial charge in [0.05, 0.1) is 10.4 Å². The first-order chi connectivity index (χ1) is 13.9. The number of fused-ring (bicyclic) bond motifs is 1. The summed E-state index contributed by atoms with van der Waals surface area (Å²) in [5.74, 6) is -2.08. The average molecular weight is 430 g/mol. The van der Waals surface area contributed by atoms with E-state index in [2.05, 4.69) is 20.6 Å². The van der Waals surface area contributed by atoms with E-state index >= 15 is 0 Å². The highest BCUT2D eigenvalue weighted by atomic mass is 35.5. The predicted molar refractivity (Wildman–Crippen MR) is 103 cm³/mol. The Balaban J connectivity index is 1.81. The smallest absolute Gasteiger partial charge is 0.269 e. The van der Waals surface area contributed by atoms with Crippen LogP contribution in [0.15, 0.2) is 59.6 Å². The molecule has 2 aromatic heterocycles. The monoisotopic (exact) mass is 429 g/mol. The molecule has 11 heteroatoms. The summed E-state index contributed by atoms with van der Waals surface area (Å²) in [5.41, 5.74) is 0.678. The van der Waals surface area contributed by atoms with Crippen LogP contribution in [0.2, 0.25) is 5.02 Å². The topological polar surface area (TPSA) is 128 Å². The Hall–Kier alpha value is -3.37. The van der Waals surface area contributed by atoms with Crippen LogP contribution in [0.3, 0.4) is 0 Å². The summed E-state index contributed by atoms with van der Waals surface area (Å²) < 4.78 is 27.3. The van der Waals surface area contributed by atoms with Gasteiger partial charge in [-0.05, 0) is 41.1 Å². The minimum atomic E-state index is -3.92. The van der Waals surface area contributed by atoms with Crippen molar-refractivity contribution in [3.8, 4) is 0 Å². The third-order valence-electron chi connectivity index (χ3n) is 4.27. The Bertz CT molecular complexity index is 1330. The molecule has 2 heterocycles. The number of halogens is 1. The maximum absolute atomic E-state index is 13.1. The molecular weight excluding hydrogens is 418 g/mol. The lowest BCUT2D eigenvalue weighted by molar-refractivity contribution is -0.114. The molecule has 0 saturated carbocycles. The number of nitrogens with one attached hydrogen (secondary N) is 1. The average Bonchev–Trinajstić information content (AvgIpc) is 3.37. The number of aromatic amines is 1. The second-order valence-corrected chi connectivity index (χ2v) is 8.35. The molecule has 2 aromatic carbocycles. The SMILES string of the molecule is O=C(Cc1cn(S(=O)(=O)c2ccccc2)c2ccc(Cl)cc12)C(=O)c1nn[nH]n1. The summed E-state index contributed by atoms with van der Waals surface area (Å²) in [4.78, 5) is 24.6. The molecule has 146 valence electrons. The highest BCUT2D eigenvalue weighted by Crippen LogP contribution is 2.29. The lowest BCUT2D eigenvalue weighted by atomic mass is 10.1. The van der Waals surface area contributed by atoms with Gasteiger partial charge in [-0.2, -0.15) is 5.21 Å². The van der Waals surface area contributed by atoms with Crippen molar-refractivity contribution in [3.05, 3.63) is 71.1 Å². The zero-order valence-electron chi connectivity index (χ0n) is 14.6. The molecule has 9 nitrogen and oxygen atoms in total. The quantitative estimate of drug-likeness (QED) is 0.367. The molecule has 0 aliphatic carbocycles. The first kappa shape index (κ1) is 19.0. The molecule has 0 spiro atoms. The number of tetrazole rings is 1. The molecule has 29 heavy (non-hydrogen) atoms. The minimum Gasteiger partial charge on any atom is -0.290 e. The molecule has 4 aromatic rings. The van der Waals surface area contributed by atoms with Gasteiger partial charge in [-0.3, -0.25) is 9.59 Å². The van der Waals surface area contributed by atoms with Crippen LogP contribution in [0.4, 0.5) is 0 Å². The highest BCUT2D eigenvalue weighted by Gasteiger charge is 2.25. The van der Waals surface area contributed by atoms with Crippen molar-refractivity contribution in [2.24, 2.45) is 0 Å². The number of hydrogen-bond acceptors (Lipinski definition) is 7. The number of aromatic nitrogens is 5. The maximum atomic E-state index is 13.1. The van der Waals surface area contributed by atoms with Crippen molar-refractivity contribution in [2.75, 3.05) is 0 Å². The lowest BCUT2D eigenvalue weighted by Gasteiger charge is -2.07. The van der Waals surface area contributed by atoms with Crippen LogP contribution in [0.5, 0.6) is 0 Å². The van der Waals surface area contributed by atoms with Crippen LogP contribution in [0, 0.1) is 0 Å². The number of carbonyl (C=O) groups excluding carboxylic acids is 2. The van der Waals surface area contributed by atoms with E-state index < -0.39 is 21.6 Å². The van der Waals surface area contributed by atoms with Crippen LogP contribution in [0.1, 0.15) is 16.2 Å². The van der Waals surface area contributed by atoms with Gasteiger partial charge in [-0.1, -0.05) is 29.8 Å². The first-order valence-corrected chi connectivity index (χ1v) is 10.1. The summed E-state index contributed by atoms with van der Waals surface area (Å²) >= 11 is 6.07. The number of nitrogens with zero attached hydrogens (tertiary/aromatic N) is 4. The zero-order valence-corrected chi connectivity index (χ0v) is 16.2. The fourth-order valence-electron chi connectivity index (χ4n) is 2.92. The molecule has 0 fully saturated rings. The predicted octanol–water partition coefficient (Wildman–Crippen LogP) is 2.04. The van der Waals surface area contributed by atoms with E-state index in [9.17, 15) is 18.0 Å². The van der Waals surface area contributed by atoms with Gasteiger partial charge in [0, 0.05) is 23.0 Å². The van der Waals surface area contributed by atoms with Crippen molar-refractivity contribution < 1.29 is 18.0 Å². The van der Waals surface area contributed by atoms with Gasteiger partial charge < -0.3 is 0 Å². The molecule has 0 radical (unpaired) electrons. The Kier molecular flexibility index (Phi) is 4.73. The zero-order chi connectivity index (χ0) is 20.6. The van der Waals surface area contributed by atoms with Crippen LogP contribution < -0.4 is 0 Å². The molecule has 1 N–H and O–H groups in total. The number of benzene rings is 2. The second kappa shape index (κ2) is 7.22. The molecule has 0 unspecified atom stereocenters. The lowest BCUT2D eigenvalue weighted by Crippen LogP contribution is -2.18. The largest absolute Gasteiger partial charge is 0.290 e. The Morgan fingerprint density at radius 3 is 2.55 bits per heavy atom. The van der Waals surface area contributed by atoms with Crippen molar-refractivity contribution in [2.45, 2.75) is 11.3 Å². The van der Waals surface area contributed by atoms with E-state index in [0.29, 0.717) is 21.5 Å². The van der Waals surface area contributed by atoms with Gasteiger partial charge in [0.15, 0.2) is 0 Å². The fourth-order valence-corrected chi connectivity index (χ4v) is 4.50. The molecule has 0 bridgehead atoms. The van der Waals surface area contributed by atoms with Gasteiger partial charge in [-0.25, -0.2) is 12.4 Å². The number of hydrogen-bond donors (Lipinski definition) is 1. The Morgan fingerprint density at radius 2 is 1.86 bits per heavy atom. The normalized spacial score (nSPS) is 11.6. The molecule has 4 rings (SSSR count). The second-order valence-electron chi connectivity index (χ2n) is 6.09. The number of rotatable bonds is 6. The number of ketones is 2. The van der Waals surface area contributed by atoms with Crippen LogP contribution in [0.25, 0.3) is 10.9 Å². The molecule has 0 aliphatic heterocycles. The summed E-state index contributed by atoms with van der Waals surface area (Å²) in [6.07, 6.45) is 0.978. The third kappa shape index (κ3) is 3.43. The van der Waals surface area contributed by atoms with Gasteiger partial charge in [-0.15, -0.1) is 10.2 Å². The van der Waals surface area contributed by atoms with E-state index in [1.54, 1.807) is 36.4 Å². The van der Waals surface area contributed by atoms with Gasteiger partial charge in [0.2, 0.25) is 11.6 Å². The molecule has 0 saturated heterocycles. The first-order valence-electron chi connectivity index (χ1n) is 8.29. The van der Waals surface area contributed by atoms with Crippen LogP contribution in [-0.2, 0) is 21.2 Å². The molecule has 0 atom stereocenters. The summed E-state index contributed by atoms with van der Waals surface area (Å²) in [6, 6.07) is 12.5. The van der Waals surface area contributed by atoms with Crippen LogP contribution >= 0.6 is 11.6 Å². The van der Waals surface area contributed by atoms with E-state index in [1.807, 2.05) is 0 Å². The third-order valence-corrected chi connectivity index (χ3v) is 6.19. The van der Waals surface area contributed by atoms with Crippen LogP contribution in [-0.4, -0.2) is 44.6 Å². The van der Waals surface area contributed by atoms with E-state index in [1.165, 1.54) is 18.3 Å².